The number of hydrogen-bond donors (Lipinski definition) is 0. The Bertz CT molecular complexity index is 1150. The second-order valence-electron chi connectivity index (χ2n) is 5.69. The lowest BCUT2D eigenvalue weighted by atomic mass is 10.1. The van der Waals surface area contributed by atoms with Gasteiger partial charge in [-0.1, -0.05) is 41.9 Å². The molecular formula is C20H12ClNO4S. The Balaban J connectivity index is 1.72. The van der Waals surface area contributed by atoms with Crippen molar-refractivity contribution in [2.45, 2.75) is 0 Å². The summed E-state index contributed by atoms with van der Waals surface area (Å²) < 4.78 is 11.0. The Morgan fingerprint density at radius 2 is 2.04 bits per heavy atom. The summed E-state index contributed by atoms with van der Waals surface area (Å²) in [5.74, 6) is -0.839. The van der Waals surface area contributed by atoms with Crippen LogP contribution in [0.3, 0.4) is 0 Å². The summed E-state index contributed by atoms with van der Waals surface area (Å²) in [6, 6.07) is 14.4. The molecule has 0 spiro atoms. The highest BCUT2D eigenvalue weighted by Crippen LogP contribution is 2.37. The highest BCUT2D eigenvalue weighted by atomic mass is 35.5. The first-order chi connectivity index (χ1) is 13.1. The molecule has 1 aromatic heterocycles. The summed E-state index contributed by atoms with van der Waals surface area (Å²) in [7, 11) is 1.31. The number of thiophene rings is 1. The van der Waals surface area contributed by atoms with Crippen LogP contribution in [0.15, 0.2) is 59.2 Å². The number of fused-ring (bicyclic) bond motifs is 1. The molecule has 4 rings (SSSR count). The number of hydrogen-bond acceptors (Lipinski definition) is 6. The number of ether oxygens (including phenoxy) is 2. The molecule has 0 bridgehead atoms. The fourth-order valence-electron chi connectivity index (χ4n) is 2.69. The Labute approximate surface area is 163 Å². The molecule has 7 heteroatoms. The Kier molecular flexibility index (Phi) is 4.51. The summed E-state index contributed by atoms with van der Waals surface area (Å²) in [6.45, 7) is 0. The molecule has 2 heterocycles. The second kappa shape index (κ2) is 6.98. The molecule has 134 valence electrons. The topological polar surface area (TPSA) is 65.0 Å². The Morgan fingerprint density at radius 3 is 2.81 bits per heavy atom. The third-order valence-electron chi connectivity index (χ3n) is 3.96. The summed E-state index contributed by atoms with van der Waals surface area (Å²) in [5.41, 5.74) is 1.16. The van der Waals surface area contributed by atoms with Crippen LogP contribution >= 0.6 is 22.9 Å². The molecular weight excluding hydrogens is 386 g/mol. The van der Waals surface area contributed by atoms with Crippen molar-refractivity contribution < 1.29 is 19.1 Å². The zero-order valence-electron chi connectivity index (χ0n) is 14.1. The summed E-state index contributed by atoms with van der Waals surface area (Å²) in [5, 5.41) is 1.40. The largest absolute Gasteiger partial charge is 0.465 e. The first kappa shape index (κ1) is 17.5. The minimum absolute atomic E-state index is 0.139. The van der Waals surface area contributed by atoms with Crippen molar-refractivity contribution in [3.05, 3.63) is 75.3 Å². The number of cyclic esters (lactones) is 1. The van der Waals surface area contributed by atoms with Gasteiger partial charge >= 0.3 is 11.9 Å². The van der Waals surface area contributed by atoms with Gasteiger partial charge in [-0.2, -0.15) is 0 Å². The molecule has 0 unspecified atom stereocenters. The summed E-state index contributed by atoms with van der Waals surface area (Å²) >= 11 is 7.84. The molecule has 1 aliphatic rings. The first-order valence-electron chi connectivity index (χ1n) is 7.95. The average Bonchev–Trinajstić information content (AvgIpc) is 3.21. The molecule has 0 radical (unpaired) electrons. The van der Waals surface area contributed by atoms with Crippen molar-refractivity contribution in [2.75, 3.05) is 7.11 Å². The minimum Gasteiger partial charge on any atom is -0.465 e. The van der Waals surface area contributed by atoms with Crippen molar-refractivity contribution in [1.29, 1.82) is 0 Å². The molecule has 3 aromatic rings. The standard InChI is InChI=1S/C20H12ClNO4S/c1-25-19(23)12-6-4-5-11(9-12)10-14-20(24)26-18(22-14)17-16(21)13-7-2-3-8-15(13)27-17/h2-10H,1H3/b14-10+. The number of halogens is 1. The Hall–Kier alpha value is -2.96. The predicted molar refractivity (Wildman–Crippen MR) is 105 cm³/mol. The van der Waals surface area contributed by atoms with Gasteiger partial charge in [0.15, 0.2) is 5.70 Å². The molecule has 0 aliphatic carbocycles. The van der Waals surface area contributed by atoms with Gasteiger partial charge in [0, 0.05) is 10.1 Å². The van der Waals surface area contributed by atoms with Gasteiger partial charge in [-0.25, -0.2) is 14.6 Å². The van der Waals surface area contributed by atoms with E-state index in [2.05, 4.69) is 4.99 Å². The molecule has 0 amide bonds. The maximum absolute atomic E-state index is 12.2. The highest BCUT2D eigenvalue weighted by molar-refractivity contribution is 7.21. The van der Waals surface area contributed by atoms with E-state index in [1.807, 2.05) is 24.3 Å². The zero-order chi connectivity index (χ0) is 19.0. The van der Waals surface area contributed by atoms with Crippen molar-refractivity contribution in [1.82, 2.24) is 0 Å². The number of carbonyl (C=O) groups excluding carboxylic acids is 2. The van der Waals surface area contributed by atoms with Crippen LogP contribution < -0.4 is 0 Å². The molecule has 0 N–H and O–H groups in total. The number of aliphatic imine (C=N–C) groups is 1. The number of esters is 2. The maximum atomic E-state index is 12.2. The highest BCUT2D eigenvalue weighted by Gasteiger charge is 2.28. The van der Waals surface area contributed by atoms with Gasteiger partial charge in [-0.15, -0.1) is 11.3 Å². The molecule has 1 aliphatic heterocycles. The van der Waals surface area contributed by atoms with E-state index in [4.69, 9.17) is 21.1 Å². The van der Waals surface area contributed by atoms with Crippen LogP contribution in [0.1, 0.15) is 20.8 Å². The van der Waals surface area contributed by atoms with Crippen molar-refractivity contribution in [3.8, 4) is 0 Å². The third-order valence-corrected chi connectivity index (χ3v) is 5.62. The van der Waals surface area contributed by atoms with Gasteiger partial charge in [0.05, 0.1) is 17.7 Å². The van der Waals surface area contributed by atoms with Crippen LogP contribution in [-0.4, -0.2) is 24.9 Å². The molecule has 5 nitrogen and oxygen atoms in total. The molecule has 0 fully saturated rings. The third kappa shape index (κ3) is 3.25. The van der Waals surface area contributed by atoms with E-state index >= 15 is 0 Å². The van der Waals surface area contributed by atoms with Crippen molar-refractivity contribution >= 4 is 56.9 Å². The normalized spacial score (nSPS) is 15.1. The SMILES string of the molecule is COC(=O)c1cccc(/C=C2/N=C(c3sc4ccccc4c3Cl)OC2=O)c1. The second-order valence-corrected chi connectivity index (χ2v) is 7.12. The van der Waals surface area contributed by atoms with Crippen LogP contribution in [0.5, 0.6) is 0 Å². The zero-order valence-corrected chi connectivity index (χ0v) is 15.6. The quantitative estimate of drug-likeness (QED) is 0.475. The molecule has 0 saturated carbocycles. The van der Waals surface area contributed by atoms with Gasteiger partial charge in [0.25, 0.3) is 0 Å². The van der Waals surface area contributed by atoms with E-state index in [1.165, 1.54) is 18.4 Å². The van der Waals surface area contributed by atoms with Gasteiger partial charge in [0.1, 0.15) is 4.88 Å². The molecule has 0 saturated heterocycles. The van der Waals surface area contributed by atoms with Gasteiger partial charge in [-0.3, -0.25) is 0 Å². The van der Waals surface area contributed by atoms with Crippen molar-refractivity contribution in [2.24, 2.45) is 4.99 Å². The summed E-state index contributed by atoms with van der Waals surface area (Å²) in [4.78, 5) is 28.8. The van der Waals surface area contributed by atoms with Crippen LogP contribution in [0.2, 0.25) is 5.02 Å². The lowest BCUT2D eigenvalue weighted by Gasteiger charge is -2.00. The van der Waals surface area contributed by atoms with Crippen LogP contribution in [0, 0.1) is 0 Å². The smallest absolute Gasteiger partial charge is 0.363 e. The lowest BCUT2D eigenvalue weighted by Crippen LogP contribution is -2.04. The average molecular weight is 398 g/mol. The van der Waals surface area contributed by atoms with E-state index in [9.17, 15) is 9.59 Å². The summed E-state index contributed by atoms with van der Waals surface area (Å²) in [6.07, 6.45) is 1.56. The van der Waals surface area contributed by atoms with Crippen LogP contribution in [0.25, 0.3) is 16.2 Å². The van der Waals surface area contributed by atoms with Crippen LogP contribution in [0.4, 0.5) is 0 Å². The number of methoxy groups -OCH3 is 1. The monoisotopic (exact) mass is 397 g/mol. The van der Waals surface area contributed by atoms with Gasteiger partial charge in [0.2, 0.25) is 5.90 Å². The van der Waals surface area contributed by atoms with E-state index in [-0.39, 0.29) is 11.6 Å². The lowest BCUT2D eigenvalue weighted by molar-refractivity contribution is -0.129. The Morgan fingerprint density at radius 1 is 1.22 bits per heavy atom. The van der Waals surface area contributed by atoms with Crippen LogP contribution in [-0.2, 0) is 14.3 Å². The molecule has 2 aromatic carbocycles. The maximum Gasteiger partial charge on any atom is 0.363 e. The van der Waals surface area contributed by atoms with E-state index in [1.54, 1.807) is 30.3 Å². The fourth-order valence-corrected chi connectivity index (χ4v) is 4.13. The first-order valence-corrected chi connectivity index (χ1v) is 9.14. The number of nitrogens with zero attached hydrogens (tertiary/aromatic N) is 1. The van der Waals surface area contributed by atoms with Crippen molar-refractivity contribution in [3.63, 3.8) is 0 Å². The molecule has 27 heavy (non-hydrogen) atoms. The fraction of sp³-hybridized carbons (Fsp3) is 0.0500. The van der Waals surface area contributed by atoms with E-state index in [0.717, 1.165) is 10.1 Å². The number of rotatable bonds is 3. The van der Waals surface area contributed by atoms with E-state index < -0.39 is 11.9 Å². The number of carbonyl (C=O) groups is 2. The van der Waals surface area contributed by atoms with E-state index in [0.29, 0.717) is 21.0 Å². The van der Waals surface area contributed by atoms with Gasteiger partial charge in [-0.05, 0) is 29.8 Å². The molecule has 0 atom stereocenters. The minimum atomic E-state index is -0.568. The number of benzene rings is 2. The predicted octanol–water partition coefficient (Wildman–Crippen LogP) is 4.69. The van der Waals surface area contributed by atoms with Gasteiger partial charge < -0.3 is 9.47 Å².